The number of hydrogen-bond donors (Lipinski definition) is 1. The van der Waals surface area contributed by atoms with Crippen molar-refractivity contribution in [2.75, 3.05) is 12.4 Å². The molecule has 2 aromatic carbocycles. The molecule has 33 heavy (non-hydrogen) atoms. The van der Waals surface area contributed by atoms with Crippen LogP contribution in [-0.2, 0) is 22.4 Å². The Balaban J connectivity index is 1.58. The fourth-order valence-electron chi connectivity index (χ4n) is 4.07. The van der Waals surface area contributed by atoms with E-state index in [9.17, 15) is 9.59 Å². The summed E-state index contributed by atoms with van der Waals surface area (Å²) in [6, 6.07) is 11.6. The van der Waals surface area contributed by atoms with E-state index in [-0.39, 0.29) is 5.91 Å². The molecular weight excluding hydrogens is 458 g/mol. The van der Waals surface area contributed by atoms with Crippen LogP contribution < -0.4 is 10.1 Å². The van der Waals surface area contributed by atoms with Crippen LogP contribution in [0.1, 0.15) is 46.8 Å². The molecule has 1 unspecified atom stereocenters. The molecule has 1 amide bonds. The van der Waals surface area contributed by atoms with E-state index >= 15 is 0 Å². The van der Waals surface area contributed by atoms with Crippen molar-refractivity contribution in [1.29, 1.82) is 0 Å². The summed E-state index contributed by atoms with van der Waals surface area (Å²) in [6.45, 7) is 3.53. The SMILES string of the molecule is COC(=O)c1c(-c2ccc3c(c2)CCCC3)csc1NC(=O)C(C)Oc1ccc(Cl)cc1C. The second-order valence-corrected chi connectivity index (χ2v) is 9.51. The number of carbonyl (C=O) groups is 2. The van der Waals surface area contributed by atoms with Crippen molar-refractivity contribution in [3.05, 3.63) is 69.1 Å². The molecule has 0 saturated carbocycles. The van der Waals surface area contributed by atoms with Crippen LogP contribution in [0, 0.1) is 6.92 Å². The van der Waals surface area contributed by atoms with Gasteiger partial charge in [0.1, 0.15) is 16.3 Å². The second kappa shape index (κ2) is 9.98. The number of amides is 1. The van der Waals surface area contributed by atoms with E-state index in [0.29, 0.717) is 21.3 Å². The van der Waals surface area contributed by atoms with Crippen LogP contribution in [0.3, 0.4) is 0 Å². The number of ether oxygens (including phenoxy) is 2. The lowest BCUT2D eigenvalue weighted by Crippen LogP contribution is -2.30. The highest BCUT2D eigenvalue weighted by molar-refractivity contribution is 7.15. The van der Waals surface area contributed by atoms with Crippen molar-refractivity contribution < 1.29 is 19.1 Å². The zero-order valence-corrected chi connectivity index (χ0v) is 20.4. The van der Waals surface area contributed by atoms with Crippen LogP contribution in [0.2, 0.25) is 5.02 Å². The minimum atomic E-state index is -0.773. The largest absolute Gasteiger partial charge is 0.481 e. The summed E-state index contributed by atoms with van der Waals surface area (Å²) in [5.41, 5.74) is 5.61. The first-order valence-electron chi connectivity index (χ1n) is 10.9. The van der Waals surface area contributed by atoms with Crippen LogP contribution in [0.4, 0.5) is 5.00 Å². The Labute approximate surface area is 202 Å². The van der Waals surface area contributed by atoms with Gasteiger partial charge in [-0.1, -0.05) is 29.8 Å². The zero-order chi connectivity index (χ0) is 23.5. The van der Waals surface area contributed by atoms with Crippen LogP contribution in [0.15, 0.2) is 41.8 Å². The monoisotopic (exact) mass is 483 g/mol. The number of thiophene rings is 1. The number of aryl methyl sites for hydroxylation is 3. The first-order chi connectivity index (χ1) is 15.9. The number of hydrogen-bond acceptors (Lipinski definition) is 5. The number of methoxy groups -OCH3 is 1. The lowest BCUT2D eigenvalue weighted by atomic mass is 9.89. The third-order valence-electron chi connectivity index (χ3n) is 5.89. The summed E-state index contributed by atoms with van der Waals surface area (Å²) in [6.07, 6.45) is 3.75. The Morgan fingerprint density at radius 1 is 1.09 bits per heavy atom. The highest BCUT2D eigenvalue weighted by Gasteiger charge is 2.25. The molecule has 5 nitrogen and oxygen atoms in total. The third-order valence-corrected chi connectivity index (χ3v) is 7.02. The van der Waals surface area contributed by atoms with E-state index in [0.717, 1.165) is 29.5 Å². The van der Waals surface area contributed by atoms with Gasteiger partial charge in [0.25, 0.3) is 5.91 Å². The number of carbonyl (C=O) groups excluding carboxylic acids is 2. The fourth-order valence-corrected chi connectivity index (χ4v) is 5.26. The normalized spacial score (nSPS) is 13.7. The molecule has 0 bridgehead atoms. The highest BCUT2D eigenvalue weighted by atomic mass is 35.5. The maximum absolute atomic E-state index is 12.9. The lowest BCUT2D eigenvalue weighted by molar-refractivity contribution is -0.122. The van der Waals surface area contributed by atoms with E-state index in [4.69, 9.17) is 21.1 Å². The Bertz CT molecular complexity index is 1200. The van der Waals surface area contributed by atoms with E-state index < -0.39 is 12.1 Å². The standard InChI is InChI=1S/C26H26ClNO4S/c1-15-12-20(27)10-11-22(15)32-16(2)24(29)28-25-23(26(30)31-3)21(14-33-25)19-9-8-17-6-4-5-7-18(17)13-19/h8-14,16H,4-7H2,1-3H3,(H,28,29). The Morgan fingerprint density at radius 2 is 1.85 bits per heavy atom. The Kier molecular flexibility index (Phi) is 7.05. The minimum Gasteiger partial charge on any atom is -0.481 e. The van der Waals surface area contributed by atoms with E-state index in [1.165, 1.54) is 42.4 Å². The number of benzene rings is 2. The van der Waals surface area contributed by atoms with Crippen LogP contribution in [-0.4, -0.2) is 25.1 Å². The summed E-state index contributed by atoms with van der Waals surface area (Å²) >= 11 is 7.30. The van der Waals surface area contributed by atoms with Crippen molar-refractivity contribution >= 4 is 39.8 Å². The summed E-state index contributed by atoms with van der Waals surface area (Å²) < 4.78 is 10.9. The summed E-state index contributed by atoms with van der Waals surface area (Å²) in [4.78, 5) is 25.6. The first kappa shape index (κ1) is 23.3. The Morgan fingerprint density at radius 3 is 2.58 bits per heavy atom. The number of fused-ring (bicyclic) bond motifs is 1. The van der Waals surface area contributed by atoms with Gasteiger partial charge in [-0.3, -0.25) is 4.79 Å². The predicted octanol–water partition coefficient (Wildman–Crippen LogP) is 6.45. The van der Waals surface area contributed by atoms with Gasteiger partial charge in [0.05, 0.1) is 7.11 Å². The van der Waals surface area contributed by atoms with Crippen molar-refractivity contribution in [2.24, 2.45) is 0 Å². The molecule has 172 valence electrons. The molecule has 1 N–H and O–H groups in total. The molecule has 0 fully saturated rings. The molecule has 0 aliphatic heterocycles. The maximum Gasteiger partial charge on any atom is 0.341 e. The fraction of sp³-hybridized carbons (Fsp3) is 0.308. The summed E-state index contributed by atoms with van der Waals surface area (Å²) in [5.74, 6) is -0.258. The molecule has 1 aliphatic carbocycles. The quantitative estimate of drug-likeness (QED) is 0.409. The number of esters is 1. The average Bonchev–Trinajstić information content (AvgIpc) is 3.23. The van der Waals surface area contributed by atoms with Gasteiger partial charge < -0.3 is 14.8 Å². The van der Waals surface area contributed by atoms with Gasteiger partial charge in [0, 0.05) is 16.0 Å². The minimum absolute atomic E-state index is 0.353. The number of nitrogens with one attached hydrogen (secondary N) is 1. The molecule has 7 heteroatoms. The van der Waals surface area contributed by atoms with Crippen molar-refractivity contribution in [3.8, 4) is 16.9 Å². The smallest absolute Gasteiger partial charge is 0.341 e. The van der Waals surface area contributed by atoms with Crippen molar-refractivity contribution in [3.63, 3.8) is 0 Å². The average molecular weight is 484 g/mol. The molecule has 4 rings (SSSR count). The van der Waals surface area contributed by atoms with Gasteiger partial charge in [-0.05, 0) is 80.0 Å². The molecule has 1 aliphatic rings. The van der Waals surface area contributed by atoms with Gasteiger partial charge in [0.15, 0.2) is 6.10 Å². The van der Waals surface area contributed by atoms with Gasteiger partial charge in [-0.2, -0.15) is 0 Å². The Hall–Kier alpha value is -2.83. The highest BCUT2D eigenvalue weighted by Crippen LogP contribution is 2.38. The molecule has 1 atom stereocenters. The lowest BCUT2D eigenvalue weighted by Gasteiger charge is -2.17. The molecule has 3 aromatic rings. The molecule has 0 spiro atoms. The molecule has 0 saturated heterocycles. The molecule has 0 radical (unpaired) electrons. The molecule has 1 aromatic heterocycles. The number of anilines is 1. The van der Waals surface area contributed by atoms with E-state index in [1.54, 1.807) is 25.1 Å². The predicted molar refractivity (Wildman–Crippen MR) is 133 cm³/mol. The second-order valence-electron chi connectivity index (χ2n) is 8.19. The van der Waals surface area contributed by atoms with Crippen molar-refractivity contribution in [2.45, 2.75) is 45.6 Å². The number of rotatable bonds is 6. The van der Waals surface area contributed by atoms with Gasteiger partial charge in [-0.25, -0.2) is 4.79 Å². The zero-order valence-electron chi connectivity index (χ0n) is 18.9. The first-order valence-corrected chi connectivity index (χ1v) is 12.2. The molecular formula is C26H26ClNO4S. The van der Waals surface area contributed by atoms with Crippen LogP contribution >= 0.6 is 22.9 Å². The van der Waals surface area contributed by atoms with Gasteiger partial charge in [0.2, 0.25) is 0 Å². The third kappa shape index (κ3) is 5.07. The summed E-state index contributed by atoms with van der Waals surface area (Å²) in [5, 5.41) is 5.80. The van der Waals surface area contributed by atoms with Crippen LogP contribution in [0.25, 0.3) is 11.1 Å². The summed E-state index contributed by atoms with van der Waals surface area (Å²) in [7, 11) is 1.34. The van der Waals surface area contributed by atoms with Gasteiger partial charge in [-0.15, -0.1) is 11.3 Å². The van der Waals surface area contributed by atoms with E-state index in [2.05, 4.69) is 17.4 Å². The topological polar surface area (TPSA) is 64.6 Å². The van der Waals surface area contributed by atoms with Crippen LogP contribution in [0.5, 0.6) is 5.75 Å². The van der Waals surface area contributed by atoms with E-state index in [1.807, 2.05) is 18.4 Å². The maximum atomic E-state index is 12.9. The van der Waals surface area contributed by atoms with Crippen molar-refractivity contribution in [1.82, 2.24) is 0 Å². The molecule has 1 heterocycles. The number of halogens is 1. The van der Waals surface area contributed by atoms with Gasteiger partial charge >= 0.3 is 5.97 Å².